The molecule has 0 aliphatic carbocycles. The van der Waals surface area contributed by atoms with Gasteiger partial charge < -0.3 is 15.5 Å². The molecule has 0 aliphatic heterocycles. The molecule has 3 amide bonds. The van der Waals surface area contributed by atoms with Gasteiger partial charge in [-0.05, 0) is 50.5 Å². The van der Waals surface area contributed by atoms with Crippen LogP contribution >= 0.6 is 0 Å². The molecule has 1 aromatic carbocycles. The summed E-state index contributed by atoms with van der Waals surface area (Å²) < 4.78 is 1.47. The number of hydrogen-bond acceptors (Lipinski definition) is 5. The van der Waals surface area contributed by atoms with E-state index < -0.39 is 6.04 Å². The third kappa shape index (κ3) is 7.84. The van der Waals surface area contributed by atoms with Gasteiger partial charge in [0.05, 0.1) is 0 Å². The number of nitrogens with zero attached hydrogens (tertiary/aromatic N) is 4. The first kappa shape index (κ1) is 24.0. The van der Waals surface area contributed by atoms with Crippen molar-refractivity contribution in [2.45, 2.75) is 58.9 Å². The molecule has 0 bridgehead atoms. The summed E-state index contributed by atoms with van der Waals surface area (Å²) in [6.45, 7) is 7.36. The predicted octanol–water partition coefficient (Wildman–Crippen LogP) is 3.24. The average molecular weight is 429 g/mol. The third-order valence-electron chi connectivity index (χ3n) is 4.78. The van der Waals surface area contributed by atoms with Crippen LogP contribution in [0.25, 0.3) is 0 Å². The van der Waals surface area contributed by atoms with Gasteiger partial charge in [-0.15, -0.1) is 0 Å². The molecule has 0 radical (unpaired) electrons. The van der Waals surface area contributed by atoms with Gasteiger partial charge in [0.25, 0.3) is 0 Å². The number of rotatable bonds is 12. The van der Waals surface area contributed by atoms with E-state index in [1.165, 1.54) is 17.3 Å². The maximum absolute atomic E-state index is 12.3. The molecular formula is C22H32N6O3. The molecule has 2 aromatic rings. The Morgan fingerprint density at radius 3 is 2.16 bits per heavy atom. The summed E-state index contributed by atoms with van der Waals surface area (Å²) in [5, 5.41) is 9.59. The second kappa shape index (κ2) is 12.5. The summed E-state index contributed by atoms with van der Waals surface area (Å²) in [4.78, 5) is 42.4. The van der Waals surface area contributed by atoms with Crippen molar-refractivity contribution < 1.29 is 14.4 Å². The third-order valence-corrected chi connectivity index (χ3v) is 4.78. The lowest BCUT2D eigenvalue weighted by atomic mass is 10.2. The van der Waals surface area contributed by atoms with E-state index >= 15 is 0 Å². The number of nitrogens with one attached hydrogen (secondary N) is 2. The van der Waals surface area contributed by atoms with Crippen LogP contribution < -0.4 is 10.6 Å². The van der Waals surface area contributed by atoms with E-state index in [1.54, 1.807) is 31.2 Å². The minimum atomic E-state index is -0.491. The summed E-state index contributed by atoms with van der Waals surface area (Å²) in [5.41, 5.74) is 1.25. The lowest BCUT2D eigenvalue weighted by molar-refractivity contribution is -0.131. The van der Waals surface area contributed by atoms with Gasteiger partial charge in [-0.3, -0.25) is 14.4 Å². The van der Waals surface area contributed by atoms with E-state index in [1.807, 2.05) is 4.90 Å². The van der Waals surface area contributed by atoms with Crippen molar-refractivity contribution in [1.82, 2.24) is 19.7 Å². The number of hydrogen-bond donors (Lipinski definition) is 2. The Kier molecular flexibility index (Phi) is 9.67. The average Bonchev–Trinajstić information content (AvgIpc) is 3.29. The van der Waals surface area contributed by atoms with Crippen LogP contribution in [-0.4, -0.2) is 50.5 Å². The van der Waals surface area contributed by atoms with Crippen molar-refractivity contribution in [3.05, 3.63) is 36.9 Å². The standard InChI is InChI=1S/C22H32N6O3/c1-4-13-27(14-5-2)21(30)8-6-7-20(29)25-18-9-11-19(12-10-18)26-22(31)17(3)28-16-23-15-24-28/h9-12,15-17H,4-8,13-14H2,1-3H3,(H,25,29)(H,26,31). The number of anilines is 2. The molecule has 2 rings (SSSR count). The molecule has 31 heavy (non-hydrogen) atoms. The molecular weight excluding hydrogens is 396 g/mol. The Hall–Kier alpha value is -3.23. The Labute approximate surface area is 183 Å². The van der Waals surface area contributed by atoms with E-state index in [2.05, 4.69) is 34.6 Å². The van der Waals surface area contributed by atoms with Gasteiger partial charge in [-0.1, -0.05) is 13.8 Å². The van der Waals surface area contributed by atoms with Crippen molar-refractivity contribution in [3.8, 4) is 0 Å². The molecule has 9 nitrogen and oxygen atoms in total. The maximum atomic E-state index is 12.3. The zero-order valence-electron chi connectivity index (χ0n) is 18.5. The Bertz CT molecular complexity index is 829. The van der Waals surface area contributed by atoms with Crippen molar-refractivity contribution in [2.24, 2.45) is 0 Å². The molecule has 0 saturated carbocycles. The van der Waals surface area contributed by atoms with Crippen molar-refractivity contribution in [2.75, 3.05) is 23.7 Å². The zero-order chi connectivity index (χ0) is 22.6. The minimum Gasteiger partial charge on any atom is -0.343 e. The fourth-order valence-electron chi connectivity index (χ4n) is 3.10. The Morgan fingerprint density at radius 2 is 1.61 bits per heavy atom. The van der Waals surface area contributed by atoms with Crippen LogP contribution in [0.15, 0.2) is 36.9 Å². The van der Waals surface area contributed by atoms with Crippen LogP contribution in [0, 0.1) is 0 Å². The van der Waals surface area contributed by atoms with Crippen molar-refractivity contribution >= 4 is 29.1 Å². The summed E-state index contributed by atoms with van der Waals surface area (Å²) in [6.07, 6.45) is 5.91. The SMILES string of the molecule is CCCN(CCC)C(=O)CCCC(=O)Nc1ccc(NC(=O)C(C)n2cncn2)cc1. The first-order valence-electron chi connectivity index (χ1n) is 10.8. The molecule has 1 unspecified atom stereocenters. The van der Waals surface area contributed by atoms with Gasteiger partial charge in [-0.2, -0.15) is 5.10 Å². The number of amides is 3. The molecule has 0 spiro atoms. The van der Waals surface area contributed by atoms with Crippen LogP contribution in [0.3, 0.4) is 0 Å². The molecule has 0 fully saturated rings. The molecule has 0 aliphatic rings. The van der Waals surface area contributed by atoms with Crippen LogP contribution in [0.2, 0.25) is 0 Å². The number of aromatic nitrogens is 3. The van der Waals surface area contributed by atoms with Gasteiger partial charge in [0.1, 0.15) is 18.7 Å². The van der Waals surface area contributed by atoms with E-state index in [-0.39, 0.29) is 24.1 Å². The normalized spacial score (nSPS) is 11.6. The quantitative estimate of drug-likeness (QED) is 0.539. The molecule has 0 saturated heterocycles. The molecule has 1 atom stereocenters. The number of benzene rings is 1. The zero-order valence-corrected chi connectivity index (χ0v) is 18.5. The van der Waals surface area contributed by atoms with Gasteiger partial charge in [-0.25, -0.2) is 9.67 Å². The molecule has 9 heteroatoms. The van der Waals surface area contributed by atoms with E-state index in [0.717, 1.165) is 25.9 Å². The fraction of sp³-hybridized carbons (Fsp3) is 0.500. The highest BCUT2D eigenvalue weighted by Gasteiger charge is 2.16. The van der Waals surface area contributed by atoms with E-state index in [0.29, 0.717) is 24.2 Å². The highest BCUT2D eigenvalue weighted by Crippen LogP contribution is 2.16. The van der Waals surface area contributed by atoms with E-state index in [9.17, 15) is 14.4 Å². The first-order valence-corrected chi connectivity index (χ1v) is 10.8. The van der Waals surface area contributed by atoms with Gasteiger partial charge >= 0.3 is 0 Å². The monoisotopic (exact) mass is 428 g/mol. The maximum Gasteiger partial charge on any atom is 0.249 e. The summed E-state index contributed by atoms with van der Waals surface area (Å²) in [5.74, 6) is -0.245. The molecule has 168 valence electrons. The van der Waals surface area contributed by atoms with Gasteiger partial charge in [0.15, 0.2) is 0 Å². The summed E-state index contributed by atoms with van der Waals surface area (Å²) in [7, 11) is 0. The summed E-state index contributed by atoms with van der Waals surface area (Å²) in [6, 6.07) is 6.40. The Morgan fingerprint density at radius 1 is 1.00 bits per heavy atom. The summed E-state index contributed by atoms with van der Waals surface area (Å²) >= 11 is 0. The van der Waals surface area contributed by atoms with Gasteiger partial charge in [0.2, 0.25) is 17.7 Å². The molecule has 1 aromatic heterocycles. The largest absolute Gasteiger partial charge is 0.343 e. The highest BCUT2D eigenvalue weighted by atomic mass is 16.2. The lowest BCUT2D eigenvalue weighted by Crippen LogP contribution is -2.32. The van der Waals surface area contributed by atoms with Gasteiger partial charge in [0, 0.05) is 37.3 Å². The van der Waals surface area contributed by atoms with Crippen molar-refractivity contribution in [1.29, 1.82) is 0 Å². The van der Waals surface area contributed by atoms with Crippen LogP contribution in [0.4, 0.5) is 11.4 Å². The predicted molar refractivity (Wildman–Crippen MR) is 119 cm³/mol. The van der Waals surface area contributed by atoms with Crippen LogP contribution in [-0.2, 0) is 14.4 Å². The smallest absolute Gasteiger partial charge is 0.249 e. The van der Waals surface area contributed by atoms with Crippen molar-refractivity contribution in [3.63, 3.8) is 0 Å². The molecule has 2 N–H and O–H groups in total. The second-order valence-electron chi connectivity index (χ2n) is 7.40. The first-order chi connectivity index (χ1) is 14.9. The van der Waals surface area contributed by atoms with Crippen LogP contribution in [0.1, 0.15) is 58.9 Å². The highest BCUT2D eigenvalue weighted by molar-refractivity contribution is 5.94. The fourth-order valence-corrected chi connectivity index (χ4v) is 3.10. The minimum absolute atomic E-state index is 0.108. The molecule has 1 heterocycles. The number of carbonyl (C=O) groups excluding carboxylic acids is 3. The second-order valence-corrected chi connectivity index (χ2v) is 7.40. The lowest BCUT2D eigenvalue weighted by Gasteiger charge is -2.21. The Balaban J connectivity index is 1.76. The van der Waals surface area contributed by atoms with Crippen LogP contribution in [0.5, 0.6) is 0 Å². The number of carbonyl (C=O) groups is 3. The van der Waals surface area contributed by atoms with E-state index in [4.69, 9.17) is 0 Å². The topological polar surface area (TPSA) is 109 Å².